The molecule has 4 nitrogen and oxygen atoms in total. The number of pyridine rings is 2. The van der Waals surface area contributed by atoms with E-state index in [1.807, 2.05) is 13.0 Å². The highest BCUT2D eigenvalue weighted by Crippen LogP contribution is 2.33. The molecule has 0 radical (unpaired) electrons. The number of alkyl halides is 3. The summed E-state index contributed by atoms with van der Waals surface area (Å²) in [7, 11) is 1.70. The van der Waals surface area contributed by atoms with Crippen molar-refractivity contribution in [2.75, 3.05) is 5.75 Å². The van der Waals surface area contributed by atoms with Gasteiger partial charge in [0.1, 0.15) is 22.9 Å². The monoisotopic (exact) mass is 456 g/mol. The van der Waals surface area contributed by atoms with E-state index in [1.54, 1.807) is 29.8 Å². The quantitative estimate of drug-likeness (QED) is 0.225. The molecule has 0 spiro atoms. The van der Waals surface area contributed by atoms with Gasteiger partial charge < -0.3 is 4.57 Å². The average Bonchev–Trinajstić information content (AvgIpc) is 3.08. The number of aromatic nitrogens is 4. The molecule has 9 heteroatoms. The molecule has 0 atom stereocenters. The topological polar surface area (TPSA) is 43.6 Å². The molecule has 0 saturated carbocycles. The van der Waals surface area contributed by atoms with Crippen molar-refractivity contribution in [2.45, 2.75) is 18.0 Å². The largest absolute Gasteiger partial charge is 0.433 e. The zero-order valence-corrected chi connectivity index (χ0v) is 17.9. The van der Waals surface area contributed by atoms with E-state index in [0.29, 0.717) is 28.3 Å². The first kappa shape index (κ1) is 21.8. The number of aryl methyl sites for hydroxylation is 1. The fraction of sp³-hybridized carbons (Fsp3) is 0.174. The van der Waals surface area contributed by atoms with Crippen LogP contribution in [0.4, 0.5) is 17.6 Å². The summed E-state index contributed by atoms with van der Waals surface area (Å²) in [6.45, 7) is 1.99. The number of halogens is 4. The standard InChI is InChI=1S/C23H16F4N4S/c1-3-32-19-10-9-16(8-7-14-5-4-6-15(24)11-14)29-21(19)22-30-17-12-20(23(25,26)27)28-13-18(17)31(22)2/h4-6,9-13H,3H2,1-2H3. The number of hydrogen-bond acceptors (Lipinski definition) is 4. The summed E-state index contributed by atoms with van der Waals surface area (Å²) in [6.07, 6.45) is -3.39. The Morgan fingerprint density at radius 3 is 2.59 bits per heavy atom. The van der Waals surface area contributed by atoms with Crippen LogP contribution in [0, 0.1) is 17.7 Å². The van der Waals surface area contributed by atoms with Crippen molar-refractivity contribution in [1.82, 2.24) is 19.5 Å². The Morgan fingerprint density at radius 2 is 1.88 bits per heavy atom. The van der Waals surface area contributed by atoms with Gasteiger partial charge in [0.25, 0.3) is 0 Å². The Labute approximate surface area is 185 Å². The van der Waals surface area contributed by atoms with Gasteiger partial charge in [-0.3, -0.25) is 0 Å². The fourth-order valence-corrected chi connectivity index (χ4v) is 3.86. The first-order valence-electron chi connectivity index (χ1n) is 9.57. The lowest BCUT2D eigenvalue weighted by atomic mass is 10.2. The van der Waals surface area contributed by atoms with Crippen molar-refractivity contribution in [3.05, 3.63) is 71.4 Å². The normalized spacial score (nSPS) is 11.4. The van der Waals surface area contributed by atoms with E-state index in [0.717, 1.165) is 22.9 Å². The maximum Gasteiger partial charge on any atom is 0.433 e. The van der Waals surface area contributed by atoms with Gasteiger partial charge in [-0.15, -0.1) is 11.8 Å². The van der Waals surface area contributed by atoms with Crippen LogP contribution in [-0.4, -0.2) is 25.3 Å². The molecule has 3 heterocycles. The minimum atomic E-state index is -4.56. The molecule has 0 aliphatic heterocycles. The molecule has 1 aromatic carbocycles. The zero-order chi connectivity index (χ0) is 22.9. The molecule has 0 amide bonds. The first-order chi connectivity index (χ1) is 15.3. The number of hydrogen-bond donors (Lipinski definition) is 0. The minimum Gasteiger partial charge on any atom is -0.325 e. The van der Waals surface area contributed by atoms with Crippen LogP contribution >= 0.6 is 11.8 Å². The molecule has 0 N–H and O–H groups in total. The second-order valence-electron chi connectivity index (χ2n) is 6.79. The molecule has 0 aliphatic carbocycles. The van der Waals surface area contributed by atoms with Gasteiger partial charge in [0, 0.05) is 17.5 Å². The van der Waals surface area contributed by atoms with Crippen molar-refractivity contribution in [3.63, 3.8) is 0 Å². The molecule has 0 saturated heterocycles. The van der Waals surface area contributed by atoms with Crippen LogP contribution in [0.2, 0.25) is 0 Å². The summed E-state index contributed by atoms with van der Waals surface area (Å²) < 4.78 is 54.2. The Kier molecular flexibility index (Phi) is 5.89. The predicted octanol–water partition coefficient (Wildman–Crippen LogP) is 5.70. The number of benzene rings is 1. The Hall–Kier alpha value is -3.38. The summed E-state index contributed by atoms with van der Waals surface area (Å²) in [5.74, 6) is 6.59. The van der Waals surface area contributed by atoms with E-state index in [4.69, 9.17) is 0 Å². The molecule has 0 aliphatic rings. The lowest BCUT2D eigenvalue weighted by Gasteiger charge is -2.08. The molecular formula is C23H16F4N4S. The van der Waals surface area contributed by atoms with Gasteiger partial charge in [0.15, 0.2) is 5.82 Å². The highest BCUT2D eigenvalue weighted by Gasteiger charge is 2.33. The van der Waals surface area contributed by atoms with Crippen molar-refractivity contribution in [1.29, 1.82) is 0 Å². The lowest BCUT2D eigenvalue weighted by Crippen LogP contribution is -2.07. The molecule has 4 aromatic rings. The number of thioether (sulfide) groups is 1. The Balaban J connectivity index is 1.82. The Bertz CT molecular complexity index is 1370. The summed E-state index contributed by atoms with van der Waals surface area (Å²) in [6, 6.07) is 10.5. The van der Waals surface area contributed by atoms with Crippen LogP contribution < -0.4 is 0 Å². The van der Waals surface area contributed by atoms with E-state index in [9.17, 15) is 17.6 Å². The van der Waals surface area contributed by atoms with Gasteiger partial charge in [-0.25, -0.2) is 19.3 Å². The van der Waals surface area contributed by atoms with E-state index >= 15 is 0 Å². The third kappa shape index (κ3) is 4.46. The van der Waals surface area contributed by atoms with Crippen molar-refractivity contribution >= 4 is 22.8 Å². The molecule has 3 aromatic heterocycles. The summed E-state index contributed by atoms with van der Waals surface area (Å²) >= 11 is 1.54. The highest BCUT2D eigenvalue weighted by molar-refractivity contribution is 7.99. The molecule has 162 valence electrons. The van der Waals surface area contributed by atoms with Crippen LogP contribution in [-0.2, 0) is 13.2 Å². The van der Waals surface area contributed by atoms with Crippen LogP contribution in [0.15, 0.2) is 53.6 Å². The van der Waals surface area contributed by atoms with Gasteiger partial charge in [-0.2, -0.15) is 13.2 Å². The zero-order valence-electron chi connectivity index (χ0n) is 17.0. The van der Waals surface area contributed by atoms with Crippen LogP contribution in [0.25, 0.3) is 22.6 Å². The number of rotatable bonds is 3. The molecule has 0 bridgehead atoms. The Morgan fingerprint density at radius 1 is 1.06 bits per heavy atom. The van der Waals surface area contributed by atoms with Crippen LogP contribution in [0.5, 0.6) is 0 Å². The molecule has 0 unspecified atom stereocenters. The van der Waals surface area contributed by atoms with E-state index < -0.39 is 11.9 Å². The molecule has 4 rings (SSSR count). The third-order valence-corrected chi connectivity index (χ3v) is 5.52. The average molecular weight is 456 g/mol. The van der Waals surface area contributed by atoms with Gasteiger partial charge in [0.2, 0.25) is 0 Å². The van der Waals surface area contributed by atoms with Gasteiger partial charge in [-0.1, -0.05) is 18.9 Å². The van der Waals surface area contributed by atoms with Crippen molar-refractivity contribution < 1.29 is 17.6 Å². The maximum atomic E-state index is 13.4. The van der Waals surface area contributed by atoms with Gasteiger partial charge >= 0.3 is 6.18 Å². The fourth-order valence-electron chi connectivity index (χ4n) is 3.11. The lowest BCUT2D eigenvalue weighted by molar-refractivity contribution is -0.141. The van der Waals surface area contributed by atoms with Crippen LogP contribution in [0.1, 0.15) is 23.9 Å². The summed E-state index contributed by atoms with van der Waals surface area (Å²) in [5, 5.41) is 0. The smallest absolute Gasteiger partial charge is 0.325 e. The third-order valence-electron chi connectivity index (χ3n) is 4.59. The van der Waals surface area contributed by atoms with E-state index in [2.05, 4.69) is 26.8 Å². The molecule has 0 fully saturated rings. The van der Waals surface area contributed by atoms with Crippen molar-refractivity contribution in [3.8, 4) is 23.4 Å². The van der Waals surface area contributed by atoms with E-state index in [1.165, 1.54) is 23.9 Å². The minimum absolute atomic E-state index is 0.176. The molecular weight excluding hydrogens is 440 g/mol. The van der Waals surface area contributed by atoms with E-state index in [-0.39, 0.29) is 11.3 Å². The number of imidazole rings is 1. The van der Waals surface area contributed by atoms with Gasteiger partial charge in [-0.05, 0) is 48.1 Å². The SMILES string of the molecule is CCSc1ccc(C#Cc2cccc(F)c2)nc1-c1nc2cc(C(F)(F)F)ncc2n1C. The van der Waals surface area contributed by atoms with Crippen molar-refractivity contribution in [2.24, 2.45) is 7.05 Å². The highest BCUT2D eigenvalue weighted by atomic mass is 32.2. The van der Waals surface area contributed by atoms with Crippen LogP contribution in [0.3, 0.4) is 0 Å². The second-order valence-corrected chi connectivity index (χ2v) is 8.09. The summed E-state index contributed by atoms with van der Waals surface area (Å²) in [4.78, 5) is 13.4. The second kappa shape index (κ2) is 8.63. The number of nitrogens with zero attached hydrogens (tertiary/aromatic N) is 4. The maximum absolute atomic E-state index is 13.4. The van der Waals surface area contributed by atoms with Gasteiger partial charge in [0.05, 0.1) is 17.2 Å². The predicted molar refractivity (Wildman–Crippen MR) is 116 cm³/mol. The first-order valence-corrected chi connectivity index (χ1v) is 10.6. The molecule has 32 heavy (non-hydrogen) atoms. The summed E-state index contributed by atoms with van der Waals surface area (Å²) in [5.41, 5.74) is 1.09. The number of fused-ring (bicyclic) bond motifs is 1.